The normalized spacial score (nSPS) is 11.7. The summed E-state index contributed by atoms with van der Waals surface area (Å²) in [7, 11) is 3.36. The molecule has 0 heterocycles. The molecule has 1 atom stereocenters. The number of esters is 1. The van der Waals surface area contributed by atoms with E-state index in [4.69, 9.17) is 9.47 Å². The molecule has 30 heavy (non-hydrogen) atoms. The number of ether oxygens (including phenoxy) is 2. The zero-order valence-corrected chi connectivity index (χ0v) is 17.6. The minimum absolute atomic E-state index is 0.235. The molecule has 0 saturated carbocycles. The maximum atomic E-state index is 12.5. The number of carbonyl (C=O) groups is 2. The molecule has 0 unspecified atom stereocenters. The number of hydrogen-bond acceptors (Lipinski definition) is 4. The minimum Gasteiger partial charge on any atom is -0.497 e. The van der Waals surface area contributed by atoms with E-state index in [0.29, 0.717) is 13.0 Å². The lowest BCUT2D eigenvalue weighted by Gasteiger charge is -2.19. The molecule has 0 aromatic heterocycles. The van der Waals surface area contributed by atoms with Crippen molar-refractivity contribution in [2.45, 2.75) is 25.8 Å². The van der Waals surface area contributed by atoms with Gasteiger partial charge in [0, 0.05) is 13.6 Å². The van der Waals surface area contributed by atoms with Crippen molar-refractivity contribution in [3.05, 3.63) is 77.9 Å². The highest BCUT2D eigenvalue weighted by Crippen LogP contribution is 2.23. The first kappa shape index (κ1) is 21.4. The Morgan fingerprint density at radius 1 is 0.967 bits per heavy atom. The lowest BCUT2D eigenvalue weighted by molar-refractivity contribution is -0.153. The van der Waals surface area contributed by atoms with Crippen molar-refractivity contribution >= 4 is 22.6 Å². The molecule has 0 fully saturated rings. The largest absolute Gasteiger partial charge is 0.497 e. The first-order valence-corrected chi connectivity index (χ1v) is 10.0. The highest BCUT2D eigenvalue weighted by atomic mass is 16.5. The van der Waals surface area contributed by atoms with Crippen molar-refractivity contribution in [2.24, 2.45) is 0 Å². The van der Waals surface area contributed by atoms with Crippen LogP contribution in [0.3, 0.4) is 0 Å². The molecule has 0 aliphatic carbocycles. The minimum atomic E-state index is -0.370. The number of nitrogens with zero attached hydrogens (tertiary/aromatic N) is 1. The molecule has 3 aromatic carbocycles. The van der Waals surface area contributed by atoms with Crippen molar-refractivity contribution < 1.29 is 19.1 Å². The van der Waals surface area contributed by atoms with Crippen LogP contribution in [0.5, 0.6) is 5.75 Å². The Hall–Kier alpha value is -3.34. The van der Waals surface area contributed by atoms with Crippen LogP contribution in [0.1, 0.15) is 30.4 Å². The fourth-order valence-electron chi connectivity index (χ4n) is 3.43. The zero-order chi connectivity index (χ0) is 21.5. The molecule has 3 aromatic rings. The van der Waals surface area contributed by atoms with Crippen LogP contribution in [-0.4, -0.2) is 37.5 Å². The summed E-state index contributed by atoms with van der Waals surface area (Å²) in [4.78, 5) is 26.5. The lowest BCUT2D eigenvalue weighted by Crippen LogP contribution is -2.31. The summed E-state index contributed by atoms with van der Waals surface area (Å²) >= 11 is 0. The van der Waals surface area contributed by atoms with Gasteiger partial charge in [0.1, 0.15) is 5.75 Å². The van der Waals surface area contributed by atoms with Gasteiger partial charge in [0.25, 0.3) is 5.91 Å². The number of rotatable bonds is 8. The van der Waals surface area contributed by atoms with Crippen molar-refractivity contribution in [1.82, 2.24) is 4.90 Å². The van der Waals surface area contributed by atoms with E-state index < -0.39 is 0 Å². The summed E-state index contributed by atoms with van der Waals surface area (Å²) in [6, 6.07) is 21.4. The van der Waals surface area contributed by atoms with E-state index in [1.165, 1.54) is 0 Å². The topological polar surface area (TPSA) is 55.8 Å². The van der Waals surface area contributed by atoms with Crippen LogP contribution in [0.25, 0.3) is 10.8 Å². The van der Waals surface area contributed by atoms with E-state index in [0.717, 1.165) is 27.6 Å². The Labute approximate surface area is 177 Å². The fourth-order valence-corrected chi connectivity index (χ4v) is 3.43. The number of methoxy groups -OCH3 is 1. The maximum absolute atomic E-state index is 12.5. The van der Waals surface area contributed by atoms with Crippen LogP contribution in [0.15, 0.2) is 66.7 Å². The molecule has 5 heteroatoms. The average Bonchev–Trinajstić information content (AvgIpc) is 2.78. The van der Waals surface area contributed by atoms with E-state index in [-0.39, 0.29) is 24.4 Å². The monoisotopic (exact) mass is 405 g/mol. The lowest BCUT2D eigenvalue weighted by atomic mass is 9.97. The molecule has 1 amide bonds. The van der Waals surface area contributed by atoms with E-state index in [1.807, 2.05) is 73.7 Å². The van der Waals surface area contributed by atoms with Crippen molar-refractivity contribution in [1.29, 1.82) is 0 Å². The van der Waals surface area contributed by atoms with Crippen molar-refractivity contribution in [2.75, 3.05) is 20.8 Å². The summed E-state index contributed by atoms with van der Waals surface area (Å²) in [5, 5.41) is 2.15. The quantitative estimate of drug-likeness (QED) is 0.516. The molecule has 0 N–H and O–H groups in total. The van der Waals surface area contributed by atoms with Gasteiger partial charge in [0.05, 0.1) is 13.0 Å². The van der Waals surface area contributed by atoms with Gasteiger partial charge in [0.15, 0.2) is 6.61 Å². The van der Waals surface area contributed by atoms with Gasteiger partial charge in [-0.3, -0.25) is 9.59 Å². The molecule has 156 valence electrons. The Morgan fingerprint density at radius 2 is 1.67 bits per heavy atom. The van der Waals surface area contributed by atoms with Gasteiger partial charge in [-0.15, -0.1) is 0 Å². The highest BCUT2D eigenvalue weighted by molar-refractivity contribution is 5.85. The highest BCUT2D eigenvalue weighted by Gasteiger charge is 2.21. The molecular formula is C25H27NO4. The first-order valence-electron chi connectivity index (χ1n) is 10.0. The maximum Gasteiger partial charge on any atom is 0.313 e. The number of carbonyl (C=O) groups excluding carboxylic acids is 2. The van der Waals surface area contributed by atoms with Gasteiger partial charge in [-0.2, -0.15) is 0 Å². The van der Waals surface area contributed by atoms with Gasteiger partial charge in [-0.25, -0.2) is 0 Å². The predicted molar refractivity (Wildman–Crippen MR) is 117 cm³/mol. The number of fused-ring (bicyclic) bond motifs is 1. The Balaban J connectivity index is 1.58. The van der Waals surface area contributed by atoms with Gasteiger partial charge in [-0.05, 0) is 46.5 Å². The second-order valence-electron chi connectivity index (χ2n) is 7.28. The zero-order valence-electron chi connectivity index (χ0n) is 17.6. The van der Waals surface area contributed by atoms with Gasteiger partial charge >= 0.3 is 5.97 Å². The summed E-state index contributed by atoms with van der Waals surface area (Å²) in [6.07, 6.45) is 0.620. The number of likely N-dealkylation sites (N-methyl/N-ethyl adjacent to an activating group) is 1. The van der Waals surface area contributed by atoms with E-state index in [9.17, 15) is 9.59 Å². The second kappa shape index (κ2) is 9.92. The van der Waals surface area contributed by atoms with E-state index >= 15 is 0 Å². The molecule has 0 aliphatic rings. The Kier molecular flexibility index (Phi) is 7.07. The Morgan fingerprint density at radius 3 is 2.37 bits per heavy atom. The summed E-state index contributed by atoms with van der Waals surface area (Å²) in [5.74, 6) is -0.154. The number of benzene rings is 3. The molecular weight excluding hydrogens is 378 g/mol. The van der Waals surface area contributed by atoms with E-state index in [1.54, 1.807) is 19.1 Å². The smallest absolute Gasteiger partial charge is 0.313 e. The van der Waals surface area contributed by atoms with Crippen LogP contribution in [0.4, 0.5) is 0 Å². The van der Waals surface area contributed by atoms with Gasteiger partial charge in [0.2, 0.25) is 0 Å². The van der Waals surface area contributed by atoms with E-state index in [2.05, 4.69) is 0 Å². The van der Waals surface area contributed by atoms with Crippen molar-refractivity contribution in [3.8, 4) is 5.75 Å². The van der Waals surface area contributed by atoms with Crippen LogP contribution in [0, 0.1) is 0 Å². The molecule has 0 saturated heterocycles. The molecule has 0 bridgehead atoms. The summed E-state index contributed by atoms with van der Waals surface area (Å²) < 4.78 is 10.6. The molecule has 0 aliphatic heterocycles. The SMILES string of the molecule is CC[C@@H](C(=O)OCC(=O)N(C)Cc1ccc2cc(OC)ccc2c1)c1ccccc1. The molecule has 0 radical (unpaired) electrons. The molecule has 0 spiro atoms. The number of hydrogen-bond donors (Lipinski definition) is 0. The summed E-state index contributed by atoms with van der Waals surface area (Å²) in [6.45, 7) is 2.11. The summed E-state index contributed by atoms with van der Waals surface area (Å²) in [5.41, 5.74) is 1.91. The van der Waals surface area contributed by atoms with Crippen LogP contribution < -0.4 is 4.74 Å². The molecule has 5 nitrogen and oxygen atoms in total. The third-order valence-electron chi connectivity index (χ3n) is 5.19. The van der Waals surface area contributed by atoms with Gasteiger partial charge < -0.3 is 14.4 Å². The fraction of sp³-hybridized carbons (Fsp3) is 0.280. The number of amides is 1. The Bertz CT molecular complexity index is 1020. The second-order valence-corrected chi connectivity index (χ2v) is 7.28. The average molecular weight is 405 g/mol. The predicted octanol–water partition coefficient (Wildman–Crippen LogP) is 4.54. The third-order valence-corrected chi connectivity index (χ3v) is 5.19. The third kappa shape index (κ3) is 5.17. The van der Waals surface area contributed by atoms with Crippen molar-refractivity contribution in [3.63, 3.8) is 0 Å². The van der Waals surface area contributed by atoms with Crippen LogP contribution in [0.2, 0.25) is 0 Å². The van der Waals surface area contributed by atoms with Crippen LogP contribution in [-0.2, 0) is 20.9 Å². The van der Waals surface area contributed by atoms with Gasteiger partial charge in [-0.1, -0.05) is 55.5 Å². The molecule has 3 rings (SSSR count). The first-order chi connectivity index (χ1) is 14.5. The standard InChI is InChI=1S/C25H27NO4/c1-4-23(19-8-6-5-7-9-19)25(28)30-17-24(27)26(2)16-18-10-11-21-15-22(29-3)13-12-20(21)14-18/h5-15,23H,4,16-17H2,1-3H3/t23-/m1/s1. The van der Waals surface area contributed by atoms with Crippen LogP contribution >= 0.6 is 0 Å².